The number of anilines is 1. The van der Waals surface area contributed by atoms with Crippen LogP contribution in [-0.4, -0.2) is 40.5 Å². The third-order valence-electron chi connectivity index (χ3n) is 5.21. The van der Waals surface area contributed by atoms with Crippen LogP contribution in [0.4, 0.5) is 18.9 Å². The van der Waals surface area contributed by atoms with Gasteiger partial charge in [-0.1, -0.05) is 12.1 Å². The van der Waals surface area contributed by atoms with Crippen molar-refractivity contribution in [3.05, 3.63) is 71.5 Å². The highest BCUT2D eigenvalue weighted by atomic mass is 19.4. The number of benzene rings is 2. The summed E-state index contributed by atoms with van der Waals surface area (Å²) in [7, 11) is 2.84. The van der Waals surface area contributed by atoms with Gasteiger partial charge in [0.15, 0.2) is 28.6 Å². The van der Waals surface area contributed by atoms with Crippen molar-refractivity contribution in [1.82, 2.24) is 14.6 Å². The first-order chi connectivity index (χ1) is 16.6. The lowest BCUT2D eigenvalue weighted by Gasteiger charge is -2.13. The quantitative estimate of drug-likeness (QED) is 0.392. The Kier molecular flexibility index (Phi) is 6.16. The number of rotatable bonds is 6. The zero-order valence-corrected chi connectivity index (χ0v) is 18.8. The van der Waals surface area contributed by atoms with Gasteiger partial charge in [-0.25, -0.2) is 9.50 Å². The summed E-state index contributed by atoms with van der Waals surface area (Å²) >= 11 is 0. The Hall–Kier alpha value is -4.41. The molecule has 4 rings (SSSR count). The number of aromatic nitrogens is 3. The molecular weight excluding hydrogens is 465 g/mol. The highest BCUT2D eigenvalue weighted by Crippen LogP contribution is 2.36. The minimum atomic E-state index is -4.78. The molecule has 0 unspecified atom stereocenters. The molecule has 0 aliphatic carbocycles. The molecule has 0 saturated heterocycles. The Morgan fingerprint density at radius 1 is 1.00 bits per heavy atom. The van der Waals surface area contributed by atoms with Crippen LogP contribution in [0.15, 0.2) is 54.7 Å². The highest BCUT2D eigenvalue weighted by Gasteiger charge is 2.36. The van der Waals surface area contributed by atoms with Crippen LogP contribution >= 0.6 is 0 Å². The van der Waals surface area contributed by atoms with Crippen LogP contribution in [0.25, 0.3) is 16.9 Å². The van der Waals surface area contributed by atoms with Crippen LogP contribution in [0.5, 0.6) is 11.5 Å². The SMILES string of the molecule is COc1ccc(-c2cc(C(F)(F)F)n3ncc(C(=O)Nc4cccc(C(C)=O)c4)c3n2)cc1OC. The number of fused-ring (bicyclic) bond motifs is 1. The molecule has 180 valence electrons. The number of amides is 1. The number of alkyl halides is 3. The number of nitrogens with zero attached hydrogens (tertiary/aromatic N) is 3. The summed E-state index contributed by atoms with van der Waals surface area (Å²) in [5, 5.41) is 6.34. The number of ketones is 1. The van der Waals surface area contributed by atoms with E-state index in [0.717, 1.165) is 12.3 Å². The highest BCUT2D eigenvalue weighted by molar-refractivity contribution is 6.08. The van der Waals surface area contributed by atoms with Crippen molar-refractivity contribution in [2.45, 2.75) is 13.1 Å². The van der Waals surface area contributed by atoms with Gasteiger partial charge in [-0.15, -0.1) is 0 Å². The van der Waals surface area contributed by atoms with Crippen LogP contribution in [-0.2, 0) is 6.18 Å². The summed E-state index contributed by atoms with van der Waals surface area (Å²) in [5.41, 5.74) is -0.623. The maximum absolute atomic E-state index is 13.9. The van der Waals surface area contributed by atoms with E-state index in [1.807, 2.05) is 0 Å². The number of nitrogens with one attached hydrogen (secondary N) is 1. The number of hydrogen-bond acceptors (Lipinski definition) is 6. The Morgan fingerprint density at radius 3 is 2.40 bits per heavy atom. The summed E-state index contributed by atoms with van der Waals surface area (Å²) in [6, 6.07) is 11.6. The third-order valence-corrected chi connectivity index (χ3v) is 5.21. The molecule has 0 fully saturated rings. The zero-order chi connectivity index (χ0) is 25.3. The van der Waals surface area contributed by atoms with Crippen molar-refractivity contribution >= 4 is 23.0 Å². The van der Waals surface area contributed by atoms with Gasteiger partial charge in [-0.2, -0.15) is 18.3 Å². The molecule has 1 amide bonds. The predicted octanol–water partition coefficient (Wildman–Crippen LogP) is 4.89. The number of carbonyl (C=O) groups is 2. The van der Waals surface area contributed by atoms with Crippen LogP contribution in [0.1, 0.15) is 33.3 Å². The van der Waals surface area contributed by atoms with E-state index < -0.39 is 17.8 Å². The van der Waals surface area contributed by atoms with Gasteiger partial charge in [0.1, 0.15) is 5.56 Å². The van der Waals surface area contributed by atoms with Crippen molar-refractivity contribution < 1.29 is 32.2 Å². The molecule has 0 aliphatic heterocycles. The molecule has 0 bridgehead atoms. The van der Waals surface area contributed by atoms with Gasteiger partial charge >= 0.3 is 6.18 Å². The van der Waals surface area contributed by atoms with Gasteiger partial charge in [-0.05, 0) is 43.3 Å². The summed E-state index contributed by atoms with van der Waals surface area (Å²) in [6.45, 7) is 1.38. The summed E-state index contributed by atoms with van der Waals surface area (Å²) in [6.07, 6.45) is -3.76. The third kappa shape index (κ3) is 4.65. The monoisotopic (exact) mass is 484 g/mol. The fourth-order valence-corrected chi connectivity index (χ4v) is 3.48. The average molecular weight is 484 g/mol. The smallest absolute Gasteiger partial charge is 0.433 e. The molecule has 1 N–H and O–H groups in total. The van der Waals surface area contributed by atoms with E-state index >= 15 is 0 Å². The minimum absolute atomic E-state index is 0.0427. The molecule has 2 aromatic carbocycles. The van der Waals surface area contributed by atoms with Gasteiger partial charge in [0, 0.05) is 16.8 Å². The summed E-state index contributed by atoms with van der Waals surface area (Å²) in [5.74, 6) is -0.235. The number of carbonyl (C=O) groups excluding carboxylic acids is 2. The number of hydrogen-bond donors (Lipinski definition) is 1. The van der Waals surface area contributed by atoms with Crippen molar-refractivity contribution in [3.63, 3.8) is 0 Å². The molecule has 35 heavy (non-hydrogen) atoms. The van der Waals surface area contributed by atoms with Gasteiger partial charge in [0.25, 0.3) is 5.91 Å². The minimum Gasteiger partial charge on any atom is -0.493 e. The van der Waals surface area contributed by atoms with Gasteiger partial charge < -0.3 is 14.8 Å². The fraction of sp³-hybridized carbons (Fsp3) is 0.167. The number of methoxy groups -OCH3 is 2. The molecule has 0 saturated carbocycles. The van der Waals surface area contributed by atoms with Crippen molar-refractivity contribution in [2.24, 2.45) is 0 Å². The first kappa shape index (κ1) is 23.7. The number of Topliss-reactive ketones (excluding diaryl/α,β-unsaturated/α-hetero) is 1. The van der Waals surface area contributed by atoms with Crippen molar-refractivity contribution in [2.75, 3.05) is 19.5 Å². The second-order valence-corrected chi connectivity index (χ2v) is 7.48. The normalized spacial score (nSPS) is 11.4. The Labute approximate surface area is 197 Å². The summed E-state index contributed by atoms with van der Waals surface area (Å²) in [4.78, 5) is 28.9. The topological polar surface area (TPSA) is 94.8 Å². The second-order valence-electron chi connectivity index (χ2n) is 7.48. The zero-order valence-electron chi connectivity index (χ0n) is 18.8. The van der Waals surface area contributed by atoms with Crippen LogP contribution in [0.3, 0.4) is 0 Å². The lowest BCUT2D eigenvalue weighted by Crippen LogP contribution is -2.16. The fourth-order valence-electron chi connectivity index (χ4n) is 3.48. The van der Waals surface area contributed by atoms with Crippen LogP contribution in [0, 0.1) is 0 Å². The summed E-state index contributed by atoms with van der Waals surface area (Å²) < 4.78 is 52.7. The van der Waals surface area contributed by atoms with E-state index in [1.54, 1.807) is 24.3 Å². The Morgan fingerprint density at radius 2 is 1.74 bits per heavy atom. The Balaban J connectivity index is 1.83. The molecule has 0 aliphatic rings. The van der Waals surface area contributed by atoms with Crippen molar-refractivity contribution in [1.29, 1.82) is 0 Å². The molecule has 2 aromatic heterocycles. The van der Waals surface area contributed by atoms with E-state index in [0.29, 0.717) is 32.8 Å². The van der Waals surface area contributed by atoms with E-state index in [-0.39, 0.29) is 22.7 Å². The van der Waals surface area contributed by atoms with E-state index in [2.05, 4.69) is 15.4 Å². The Bertz CT molecular complexity index is 1450. The molecule has 0 spiro atoms. The molecule has 2 heterocycles. The van der Waals surface area contributed by atoms with Crippen molar-refractivity contribution in [3.8, 4) is 22.8 Å². The van der Waals surface area contributed by atoms with E-state index in [1.165, 1.54) is 39.3 Å². The average Bonchev–Trinajstić information content (AvgIpc) is 3.26. The maximum Gasteiger partial charge on any atom is 0.433 e. The molecular formula is C24H19F3N4O4. The second kappa shape index (κ2) is 9.09. The van der Waals surface area contributed by atoms with Gasteiger partial charge in [0.2, 0.25) is 0 Å². The molecule has 0 radical (unpaired) electrons. The maximum atomic E-state index is 13.9. The van der Waals surface area contributed by atoms with E-state index in [4.69, 9.17) is 9.47 Å². The van der Waals surface area contributed by atoms with E-state index in [9.17, 15) is 22.8 Å². The van der Waals surface area contributed by atoms with Gasteiger partial charge in [-0.3, -0.25) is 9.59 Å². The predicted molar refractivity (Wildman–Crippen MR) is 121 cm³/mol. The number of ether oxygens (including phenoxy) is 2. The first-order valence-electron chi connectivity index (χ1n) is 10.2. The number of halogens is 3. The first-order valence-corrected chi connectivity index (χ1v) is 10.2. The van der Waals surface area contributed by atoms with Gasteiger partial charge in [0.05, 0.1) is 26.1 Å². The standard InChI is InChI=1S/C24H19F3N4O4/c1-13(32)14-5-4-6-16(9-14)29-23(33)17-12-28-31-21(24(25,26)27)11-18(30-22(17)31)15-7-8-19(34-2)20(10-15)35-3/h4-12H,1-3H3,(H,29,33). The molecule has 0 atom stereocenters. The molecule has 11 heteroatoms. The lowest BCUT2D eigenvalue weighted by atomic mass is 10.1. The molecule has 4 aromatic rings. The molecule has 8 nitrogen and oxygen atoms in total. The van der Waals surface area contributed by atoms with Crippen LogP contribution in [0.2, 0.25) is 0 Å². The lowest BCUT2D eigenvalue weighted by molar-refractivity contribution is -0.142. The van der Waals surface area contributed by atoms with Crippen LogP contribution < -0.4 is 14.8 Å². The largest absolute Gasteiger partial charge is 0.493 e.